The van der Waals surface area contributed by atoms with E-state index in [0.717, 1.165) is 31.4 Å². The Morgan fingerprint density at radius 1 is 1.00 bits per heavy atom. The zero-order chi connectivity index (χ0) is 25.0. The summed E-state index contributed by atoms with van der Waals surface area (Å²) in [6.45, 7) is 0.562. The Kier molecular flexibility index (Phi) is 7.94. The largest absolute Gasteiger partial charge is 0.369 e. The first-order valence-corrected chi connectivity index (χ1v) is 14.2. The Labute approximate surface area is 207 Å². The lowest BCUT2D eigenvalue weighted by Crippen LogP contribution is -2.41. The van der Waals surface area contributed by atoms with Gasteiger partial charge in [0.15, 0.2) is 0 Å². The quantitative estimate of drug-likeness (QED) is 0.336. The van der Waals surface area contributed by atoms with E-state index < -0.39 is 21.2 Å². The molecule has 1 aromatic rings. The van der Waals surface area contributed by atoms with Crippen molar-refractivity contribution in [1.29, 1.82) is 0 Å². The number of amides is 3. The molecule has 4 rings (SSSR count). The minimum atomic E-state index is -3.48. The van der Waals surface area contributed by atoms with Crippen LogP contribution in [0.5, 0.6) is 0 Å². The fourth-order valence-electron chi connectivity index (χ4n) is 4.98. The molecule has 0 spiro atoms. The van der Waals surface area contributed by atoms with Crippen LogP contribution >= 0.6 is 0 Å². The molecule has 1 aromatic carbocycles. The van der Waals surface area contributed by atoms with Gasteiger partial charge in [-0.05, 0) is 69.4 Å². The minimum absolute atomic E-state index is 0.0268. The SMILES string of the molecule is NC(=O)C1CCCC1C(=O)N(CCCCC=CC1CC1C(=O)NS(=O)(=O)C1CC1)c1ccccc1. The van der Waals surface area contributed by atoms with Crippen LogP contribution in [-0.2, 0) is 24.4 Å². The maximum absolute atomic E-state index is 13.3. The highest BCUT2D eigenvalue weighted by atomic mass is 32.2. The van der Waals surface area contributed by atoms with Crippen molar-refractivity contribution >= 4 is 33.4 Å². The number of nitrogens with two attached hydrogens (primary N) is 1. The molecular weight excluding hydrogens is 466 g/mol. The van der Waals surface area contributed by atoms with Crippen LogP contribution in [-0.4, -0.2) is 37.9 Å². The maximum Gasteiger partial charge on any atom is 0.237 e. The van der Waals surface area contributed by atoms with Crippen molar-refractivity contribution in [2.24, 2.45) is 29.4 Å². The van der Waals surface area contributed by atoms with Crippen LogP contribution in [0.4, 0.5) is 5.69 Å². The molecule has 0 aliphatic heterocycles. The molecule has 0 heterocycles. The second kappa shape index (κ2) is 10.9. The van der Waals surface area contributed by atoms with E-state index in [1.165, 1.54) is 0 Å². The van der Waals surface area contributed by atoms with Gasteiger partial charge in [0.2, 0.25) is 27.7 Å². The van der Waals surface area contributed by atoms with E-state index >= 15 is 0 Å². The average Bonchev–Trinajstić information content (AvgIpc) is 3.75. The van der Waals surface area contributed by atoms with Crippen molar-refractivity contribution in [1.82, 2.24) is 4.72 Å². The van der Waals surface area contributed by atoms with Crippen molar-refractivity contribution in [3.63, 3.8) is 0 Å². The van der Waals surface area contributed by atoms with Crippen molar-refractivity contribution in [3.8, 4) is 0 Å². The van der Waals surface area contributed by atoms with Crippen LogP contribution in [0.15, 0.2) is 42.5 Å². The van der Waals surface area contributed by atoms with Gasteiger partial charge in [0, 0.05) is 24.1 Å². The summed E-state index contributed by atoms with van der Waals surface area (Å²) < 4.78 is 26.1. The molecule has 3 aliphatic rings. The van der Waals surface area contributed by atoms with Gasteiger partial charge in [0.05, 0.1) is 11.2 Å². The van der Waals surface area contributed by atoms with Crippen LogP contribution in [0.1, 0.15) is 57.8 Å². The summed E-state index contributed by atoms with van der Waals surface area (Å²) in [5.74, 6) is -1.70. The summed E-state index contributed by atoms with van der Waals surface area (Å²) in [5.41, 5.74) is 6.38. The molecule has 35 heavy (non-hydrogen) atoms. The molecule has 0 radical (unpaired) electrons. The highest BCUT2D eigenvalue weighted by molar-refractivity contribution is 7.90. The number of nitrogens with one attached hydrogen (secondary N) is 1. The molecule has 0 saturated heterocycles. The second-order valence-corrected chi connectivity index (χ2v) is 12.0. The molecule has 3 fully saturated rings. The van der Waals surface area contributed by atoms with Gasteiger partial charge >= 0.3 is 0 Å². The van der Waals surface area contributed by atoms with Gasteiger partial charge < -0.3 is 10.6 Å². The summed E-state index contributed by atoms with van der Waals surface area (Å²) in [7, 11) is -3.48. The lowest BCUT2D eigenvalue weighted by molar-refractivity contribution is -0.130. The van der Waals surface area contributed by atoms with E-state index in [1.54, 1.807) is 4.90 Å². The van der Waals surface area contributed by atoms with Crippen molar-refractivity contribution in [3.05, 3.63) is 42.5 Å². The number of carbonyl (C=O) groups is 3. The van der Waals surface area contributed by atoms with Crippen molar-refractivity contribution in [2.75, 3.05) is 11.4 Å². The van der Waals surface area contributed by atoms with E-state index in [0.29, 0.717) is 38.6 Å². The Morgan fingerprint density at radius 3 is 2.40 bits per heavy atom. The van der Waals surface area contributed by atoms with Crippen LogP contribution in [0.2, 0.25) is 0 Å². The normalized spacial score (nSPS) is 25.9. The predicted octanol–water partition coefficient (Wildman–Crippen LogP) is 2.89. The maximum atomic E-state index is 13.3. The first-order chi connectivity index (χ1) is 16.8. The monoisotopic (exact) mass is 501 g/mol. The fourth-order valence-corrected chi connectivity index (χ4v) is 6.34. The van der Waals surface area contributed by atoms with Crippen molar-refractivity contribution in [2.45, 2.75) is 63.0 Å². The van der Waals surface area contributed by atoms with E-state index in [4.69, 9.17) is 5.73 Å². The number of allylic oxidation sites excluding steroid dienone is 2. The summed E-state index contributed by atoms with van der Waals surface area (Å²) in [5, 5.41) is -0.392. The number of benzene rings is 1. The summed E-state index contributed by atoms with van der Waals surface area (Å²) >= 11 is 0. The Bertz CT molecular complexity index is 1070. The second-order valence-electron chi connectivity index (χ2n) is 10.0. The number of nitrogens with zero attached hydrogens (tertiary/aromatic N) is 1. The number of para-hydroxylation sites is 1. The first-order valence-electron chi connectivity index (χ1n) is 12.7. The Balaban J connectivity index is 1.23. The standard InChI is InChI=1S/C26H35N3O5S/c27-24(30)21-12-8-13-22(21)26(32)29(19-10-5-3-6-11-19)16-7-2-1-4-9-18-17-23(18)25(31)28-35(33,34)20-14-15-20/h3-6,9-11,18,20-23H,1-2,7-8,12-17H2,(H2,27,30)(H,28,31). The number of primary amides is 1. The molecule has 3 N–H and O–H groups in total. The van der Waals surface area contributed by atoms with Gasteiger partial charge in [-0.3, -0.25) is 19.1 Å². The van der Waals surface area contributed by atoms with Crippen LogP contribution in [0, 0.1) is 23.7 Å². The number of hydrogen-bond acceptors (Lipinski definition) is 5. The van der Waals surface area contributed by atoms with Gasteiger partial charge in [-0.25, -0.2) is 8.42 Å². The summed E-state index contributed by atoms with van der Waals surface area (Å²) in [6.07, 6.45) is 10.7. The van der Waals surface area contributed by atoms with E-state index in [2.05, 4.69) is 4.72 Å². The third-order valence-corrected chi connectivity index (χ3v) is 9.14. The Morgan fingerprint density at radius 2 is 1.71 bits per heavy atom. The molecule has 8 nitrogen and oxygen atoms in total. The zero-order valence-corrected chi connectivity index (χ0v) is 20.8. The zero-order valence-electron chi connectivity index (χ0n) is 20.0. The number of hydrogen-bond donors (Lipinski definition) is 2. The highest BCUT2D eigenvalue weighted by Crippen LogP contribution is 2.40. The molecule has 3 saturated carbocycles. The lowest BCUT2D eigenvalue weighted by Gasteiger charge is -2.27. The molecule has 3 amide bonds. The first kappa shape index (κ1) is 25.4. The fraction of sp³-hybridized carbons (Fsp3) is 0.577. The molecule has 3 aliphatic carbocycles. The molecule has 0 bridgehead atoms. The minimum Gasteiger partial charge on any atom is -0.369 e. The van der Waals surface area contributed by atoms with Crippen LogP contribution in [0.25, 0.3) is 0 Å². The van der Waals surface area contributed by atoms with Gasteiger partial charge in [-0.15, -0.1) is 0 Å². The topological polar surface area (TPSA) is 127 Å². The van der Waals surface area contributed by atoms with E-state index in [-0.39, 0.29) is 35.5 Å². The van der Waals surface area contributed by atoms with E-state index in [9.17, 15) is 22.8 Å². The summed E-state index contributed by atoms with van der Waals surface area (Å²) in [4.78, 5) is 39.1. The van der Waals surface area contributed by atoms with Crippen LogP contribution < -0.4 is 15.4 Å². The summed E-state index contributed by atoms with van der Waals surface area (Å²) in [6, 6.07) is 9.53. The molecule has 4 atom stereocenters. The van der Waals surface area contributed by atoms with Crippen LogP contribution in [0.3, 0.4) is 0 Å². The number of sulfonamides is 1. The highest BCUT2D eigenvalue weighted by Gasteiger charge is 2.45. The third kappa shape index (κ3) is 6.51. The number of carbonyl (C=O) groups excluding carboxylic acids is 3. The number of rotatable bonds is 12. The lowest BCUT2D eigenvalue weighted by atomic mass is 9.93. The van der Waals surface area contributed by atoms with Gasteiger partial charge in [-0.1, -0.05) is 36.8 Å². The van der Waals surface area contributed by atoms with E-state index in [1.807, 2.05) is 42.5 Å². The number of anilines is 1. The smallest absolute Gasteiger partial charge is 0.237 e. The number of unbranched alkanes of at least 4 members (excludes halogenated alkanes) is 2. The molecule has 4 unspecified atom stereocenters. The van der Waals surface area contributed by atoms with Gasteiger partial charge in [-0.2, -0.15) is 0 Å². The average molecular weight is 502 g/mol. The van der Waals surface area contributed by atoms with Gasteiger partial charge in [0.1, 0.15) is 0 Å². The molecule has 9 heteroatoms. The third-order valence-electron chi connectivity index (χ3n) is 7.30. The molecule has 0 aromatic heterocycles. The molecule has 190 valence electrons. The Hall–Kier alpha value is -2.68. The van der Waals surface area contributed by atoms with Gasteiger partial charge in [0.25, 0.3) is 0 Å². The predicted molar refractivity (Wildman–Crippen MR) is 133 cm³/mol. The molecular formula is C26H35N3O5S. The van der Waals surface area contributed by atoms with Crippen molar-refractivity contribution < 1.29 is 22.8 Å².